The molecule has 0 N–H and O–H groups in total. The first kappa shape index (κ1) is 22.5. The molecule has 0 atom stereocenters. The molecule has 4 bridgehead atoms. The molecule has 0 amide bonds. The van der Waals surface area contributed by atoms with Gasteiger partial charge in [-0.25, -0.2) is 0 Å². The van der Waals surface area contributed by atoms with Crippen LogP contribution < -0.4 is 0 Å². The van der Waals surface area contributed by atoms with E-state index in [9.17, 15) is 10.1 Å². The Kier molecular flexibility index (Phi) is 5.37. The predicted octanol–water partition coefficient (Wildman–Crippen LogP) is 7.87. The molecule has 5 nitrogen and oxygen atoms in total. The van der Waals surface area contributed by atoms with Gasteiger partial charge < -0.3 is 4.57 Å². The molecule has 3 aromatic rings. The van der Waals surface area contributed by atoms with Crippen LogP contribution in [0.3, 0.4) is 0 Å². The molecule has 180 valence electrons. The van der Waals surface area contributed by atoms with Gasteiger partial charge in [0.1, 0.15) is 5.02 Å². The largest absolute Gasteiger partial charge is 0.318 e. The number of aromatic nitrogens is 1. The van der Waals surface area contributed by atoms with Crippen LogP contribution in [0.25, 0.3) is 5.69 Å². The zero-order valence-electron chi connectivity index (χ0n) is 20.2. The van der Waals surface area contributed by atoms with Gasteiger partial charge in [-0.1, -0.05) is 23.7 Å². The van der Waals surface area contributed by atoms with Crippen LogP contribution in [0.2, 0.25) is 5.02 Å². The molecule has 0 radical (unpaired) electrons. The Bertz CT molecular complexity index is 1300. The normalized spacial score (nSPS) is 27.1. The Morgan fingerprint density at radius 3 is 2.20 bits per heavy atom. The van der Waals surface area contributed by atoms with Crippen LogP contribution in [-0.2, 0) is 5.41 Å². The summed E-state index contributed by atoms with van der Waals surface area (Å²) in [4.78, 5) is 15.4. The molecular formula is C29H30ClN3O2. The first-order valence-corrected chi connectivity index (χ1v) is 13.0. The third-order valence-corrected chi connectivity index (χ3v) is 9.03. The highest BCUT2D eigenvalue weighted by molar-refractivity contribution is 6.32. The molecule has 0 saturated heterocycles. The zero-order chi connectivity index (χ0) is 24.3. The molecule has 4 fully saturated rings. The highest BCUT2D eigenvalue weighted by Gasteiger charge is 2.51. The fourth-order valence-corrected chi connectivity index (χ4v) is 7.85. The minimum atomic E-state index is -0.464. The van der Waals surface area contributed by atoms with Crippen LogP contribution in [0.5, 0.6) is 0 Å². The standard InChI is InChI=1S/C29H30ClN3O2/c1-18-9-23(19(2)32(18)26-7-8-28(33(34)35)27(30)13-26)17-31-25-5-3-24(4-6-25)29-14-20-10-21(15-29)12-22(11-20)16-29/h3-9,13,17,20-22H,10-12,14-16H2,1-2H3. The Hall–Kier alpha value is -2.92. The fourth-order valence-electron chi connectivity index (χ4n) is 7.61. The van der Waals surface area contributed by atoms with E-state index >= 15 is 0 Å². The smallest absolute Gasteiger partial charge is 0.288 e. The van der Waals surface area contributed by atoms with E-state index in [4.69, 9.17) is 16.6 Å². The maximum atomic E-state index is 11.1. The van der Waals surface area contributed by atoms with Crippen molar-refractivity contribution in [1.29, 1.82) is 0 Å². The van der Waals surface area contributed by atoms with E-state index in [1.165, 1.54) is 50.2 Å². The minimum absolute atomic E-state index is 0.0864. The maximum Gasteiger partial charge on any atom is 0.288 e. The van der Waals surface area contributed by atoms with Crippen LogP contribution in [0.4, 0.5) is 11.4 Å². The lowest BCUT2D eigenvalue weighted by molar-refractivity contribution is -0.384. The summed E-state index contributed by atoms with van der Waals surface area (Å²) in [6.45, 7) is 4.04. The molecule has 2 aromatic carbocycles. The first-order valence-electron chi connectivity index (χ1n) is 12.6. The molecule has 0 spiro atoms. The van der Waals surface area contributed by atoms with Crippen LogP contribution in [0.1, 0.15) is 61.0 Å². The van der Waals surface area contributed by atoms with Crippen molar-refractivity contribution in [2.75, 3.05) is 0 Å². The Morgan fingerprint density at radius 2 is 1.63 bits per heavy atom. The Morgan fingerprint density at radius 1 is 1.00 bits per heavy atom. The van der Waals surface area contributed by atoms with Crippen molar-refractivity contribution in [2.45, 2.75) is 57.8 Å². The molecule has 1 heterocycles. The first-order chi connectivity index (χ1) is 16.8. The van der Waals surface area contributed by atoms with E-state index in [0.29, 0.717) is 5.41 Å². The molecule has 35 heavy (non-hydrogen) atoms. The van der Waals surface area contributed by atoms with Crippen molar-refractivity contribution >= 4 is 29.2 Å². The summed E-state index contributed by atoms with van der Waals surface area (Å²) in [6.07, 6.45) is 10.4. The molecule has 0 aliphatic heterocycles. The second-order valence-electron chi connectivity index (χ2n) is 11.1. The topological polar surface area (TPSA) is 60.4 Å². The van der Waals surface area contributed by atoms with Gasteiger partial charge >= 0.3 is 0 Å². The van der Waals surface area contributed by atoms with Gasteiger partial charge in [0.15, 0.2) is 0 Å². The van der Waals surface area contributed by atoms with Crippen LogP contribution in [0.15, 0.2) is 53.5 Å². The average Bonchev–Trinajstić information content (AvgIpc) is 3.09. The SMILES string of the molecule is Cc1cc(C=Nc2ccc(C34CC5CC(CC(C5)C3)C4)cc2)c(C)n1-c1ccc([N+](=O)[O-])c(Cl)c1. The number of hydrogen-bond donors (Lipinski definition) is 0. The number of aryl methyl sites for hydroxylation is 1. The highest BCUT2D eigenvalue weighted by atomic mass is 35.5. The van der Waals surface area contributed by atoms with Gasteiger partial charge in [0.2, 0.25) is 0 Å². The van der Waals surface area contributed by atoms with E-state index < -0.39 is 4.92 Å². The number of benzene rings is 2. The summed E-state index contributed by atoms with van der Waals surface area (Å²) in [5, 5.41) is 11.2. The van der Waals surface area contributed by atoms with Crippen molar-refractivity contribution in [3.63, 3.8) is 0 Å². The number of hydrogen-bond acceptors (Lipinski definition) is 3. The van der Waals surface area contributed by atoms with Gasteiger partial charge in [-0.2, -0.15) is 0 Å². The Labute approximate surface area is 211 Å². The lowest BCUT2D eigenvalue weighted by Gasteiger charge is -2.57. The van der Waals surface area contributed by atoms with Crippen molar-refractivity contribution in [3.05, 3.63) is 86.2 Å². The van der Waals surface area contributed by atoms with Gasteiger partial charge in [-0.15, -0.1) is 0 Å². The summed E-state index contributed by atoms with van der Waals surface area (Å²) < 4.78 is 2.05. The summed E-state index contributed by atoms with van der Waals surface area (Å²) in [5.74, 6) is 2.83. The van der Waals surface area contributed by atoms with E-state index in [1.54, 1.807) is 12.1 Å². The average molecular weight is 488 g/mol. The summed E-state index contributed by atoms with van der Waals surface area (Å²) >= 11 is 6.16. The van der Waals surface area contributed by atoms with Gasteiger partial charge in [0.25, 0.3) is 5.69 Å². The molecule has 1 aromatic heterocycles. The zero-order valence-corrected chi connectivity index (χ0v) is 21.0. The van der Waals surface area contributed by atoms with Crippen molar-refractivity contribution < 1.29 is 4.92 Å². The molecule has 4 saturated carbocycles. The second kappa shape index (κ2) is 8.34. The van der Waals surface area contributed by atoms with Gasteiger partial charge in [-0.3, -0.25) is 15.1 Å². The quantitative estimate of drug-likeness (QED) is 0.209. The molecule has 4 aliphatic rings. The van der Waals surface area contributed by atoms with E-state index in [-0.39, 0.29) is 10.7 Å². The van der Waals surface area contributed by atoms with E-state index in [2.05, 4.69) is 30.3 Å². The number of nitro benzene ring substituents is 1. The van der Waals surface area contributed by atoms with Crippen LogP contribution in [0, 0.1) is 41.7 Å². The number of halogens is 1. The van der Waals surface area contributed by atoms with Gasteiger partial charge in [0, 0.05) is 34.9 Å². The van der Waals surface area contributed by atoms with Gasteiger partial charge in [-0.05, 0) is 111 Å². The van der Waals surface area contributed by atoms with Crippen molar-refractivity contribution in [3.8, 4) is 5.69 Å². The second-order valence-corrected chi connectivity index (χ2v) is 11.5. The summed E-state index contributed by atoms with van der Waals surface area (Å²) in [5.41, 5.74) is 6.65. The van der Waals surface area contributed by atoms with Crippen molar-refractivity contribution in [1.82, 2.24) is 4.57 Å². The number of nitro groups is 1. The predicted molar refractivity (Wildman–Crippen MR) is 140 cm³/mol. The van der Waals surface area contributed by atoms with Crippen LogP contribution in [-0.4, -0.2) is 15.7 Å². The highest BCUT2D eigenvalue weighted by Crippen LogP contribution is 2.60. The molecule has 0 unspecified atom stereocenters. The summed E-state index contributed by atoms with van der Waals surface area (Å²) in [6, 6.07) is 15.9. The van der Waals surface area contributed by atoms with Crippen molar-refractivity contribution in [2.24, 2.45) is 22.7 Å². The monoisotopic (exact) mass is 487 g/mol. The lowest BCUT2D eigenvalue weighted by Crippen LogP contribution is -2.48. The molecule has 7 rings (SSSR count). The summed E-state index contributed by atoms with van der Waals surface area (Å²) in [7, 11) is 0. The minimum Gasteiger partial charge on any atom is -0.318 e. The van der Waals surface area contributed by atoms with Gasteiger partial charge in [0.05, 0.1) is 10.6 Å². The number of aliphatic imine (C=N–C) groups is 1. The van der Waals surface area contributed by atoms with E-state index in [1.807, 2.05) is 24.6 Å². The molecule has 6 heteroatoms. The van der Waals surface area contributed by atoms with Crippen LogP contribution >= 0.6 is 11.6 Å². The fraction of sp³-hybridized carbons (Fsp3) is 0.414. The molecule has 4 aliphatic carbocycles. The molecular weight excluding hydrogens is 458 g/mol. The number of nitrogens with zero attached hydrogens (tertiary/aromatic N) is 3. The Balaban J connectivity index is 1.23. The maximum absolute atomic E-state index is 11.1. The third-order valence-electron chi connectivity index (χ3n) is 8.73. The third kappa shape index (κ3) is 3.90. The lowest BCUT2D eigenvalue weighted by atomic mass is 9.48. The van der Waals surface area contributed by atoms with E-state index in [0.717, 1.165) is 46.1 Å². The number of rotatable bonds is 5.